The van der Waals surface area contributed by atoms with E-state index in [4.69, 9.17) is 10.5 Å². The number of sulfonamides is 1. The monoisotopic (exact) mass is 292 g/mol. The number of nitrogens with two attached hydrogens (primary N) is 1. The normalized spacial score (nSPS) is 13.8. The number of thiophene rings is 1. The minimum atomic E-state index is -3.50. The van der Waals surface area contributed by atoms with Gasteiger partial charge in [-0.2, -0.15) is 0 Å². The highest BCUT2D eigenvalue weighted by molar-refractivity contribution is 7.89. The summed E-state index contributed by atoms with van der Waals surface area (Å²) in [6.45, 7) is 4.36. The van der Waals surface area contributed by atoms with Gasteiger partial charge in [-0.15, -0.1) is 11.3 Å². The lowest BCUT2D eigenvalue weighted by Gasteiger charge is -2.14. The number of hydrogen-bond donors (Lipinski definition) is 2. The second-order valence-corrected chi connectivity index (χ2v) is 6.79. The molecule has 1 aromatic heterocycles. The van der Waals surface area contributed by atoms with E-state index in [-0.39, 0.29) is 12.6 Å². The first-order valence-electron chi connectivity index (χ1n) is 5.70. The van der Waals surface area contributed by atoms with Crippen LogP contribution in [0.15, 0.2) is 10.3 Å². The molecule has 7 heteroatoms. The van der Waals surface area contributed by atoms with Gasteiger partial charge in [0.25, 0.3) is 0 Å². The average molecular weight is 292 g/mol. The summed E-state index contributed by atoms with van der Waals surface area (Å²) in [7, 11) is -1.90. The molecule has 0 aliphatic heterocycles. The smallest absolute Gasteiger partial charge is 0.242 e. The standard InChI is InChI=1S/C11H20N2O3S2/c1-8-7-17-10(6-12)11(8)18(14,15)13-9(2)4-5-16-3/h7,9,13H,4-6,12H2,1-3H3. The Hall–Kier alpha value is -0.470. The second-order valence-electron chi connectivity index (χ2n) is 4.18. The lowest BCUT2D eigenvalue weighted by molar-refractivity contribution is 0.188. The van der Waals surface area contributed by atoms with Crippen molar-refractivity contribution >= 4 is 21.4 Å². The van der Waals surface area contributed by atoms with Gasteiger partial charge in [-0.3, -0.25) is 0 Å². The molecule has 5 nitrogen and oxygen atoms in total. The molecule has 0 fully saturated rings. The summed E-state index contributed by atoms with van der Waals surface area (Å²) < 4.78 is 32.1. The second kappa shape index (κ2) is 6.63. The van der Waals surface area contributed by atoms with Crippen LogP contribution < -0.4 is 10.5 Å². The van der Waals surface area contributed by atoms with E-state index >= 15 is 0 Å². The molecule has 0 saturated heterocycles. The molecule has 0 saturated carbocycles. The lowest BCUT2D eigenvalue weighted by Crippen LogP contribution is -2.34. The van der Waals surface area contributed by atoms with Crippen LogP contribution in [0.1, 0.15) is 23.8 Å². The van der Waals surface area contributed by atoms with Gasteiger partial charge >= 0.3 is 0 Å². The van der Waals surface area contributed by atoms with Gasteiger partial charge in [-0.1, -0.05) is 0 Å². The first kappa shape index (κ1) is 15.6. The van der Waals surface area contributed by atoms with Crippen LogP contribution in [-0.4, -0.2) is 28.2 Å². The summed E-state index contributed by atoms with van der Waals surface area (Å²) in [6, 6.07) is -0.167. The molecule has 1 aromatic rings. The van der Waals surface area contributed by atoms with Crippen LogP contribution in [0.3, 0.4) is 0 Å². The summed E-state index contributed by atoms with van der Waals surface area (Å²) in [5.74, 6) is 0. The molecule has 104 valence electrons. The number of aryl methyl sites for hydroxylation is 1. The molecule has 0 aliphatic carbocycles. The number of hydrogen-bond acceptors (Lipinski definition) is 5. The van der Waals surface area contributed by atoms with Crippen LogP contribution in [0, 0.1) is 6.92 Å². The molecule has 1 heterocycles. The van der Waals surface area contributed by atoms with Gasteiger partial charge in [0.15, 0.2) is 0 Å². The fraction of sp³-hybridized carbons (Fsp3) is 0.636. The van der Waals surface area contributed by atoms with Crippen molar-refractivity contribution in [3.05, 3.63) is 15.8 Å². The highest BCUT2D eigenvalue weighted by Crippen LogP contribution is 2.26. The number of nitrogens with one attached hydrogen (secondary N) is 1. The minimum Gasteiger partial charge on any atom is -0.385 e. The molecular formula is C11H20N2O3S2. The summed E-state index contributed by atoms with van der Waals surface area (Å²) in [5, 5.41) is 1.82. The Bertz CT molecular complexity index is 482. The third kappa shape index (κ3) is 3.76. The zero-order valence-electron chi connectivity index (χ0n) is 10.9. The van der Waals surface area contributed by atoms with Gasteiger partial charge in [-0.05, 0) is 31.2 Å². The largest absolute Gasteiger partial charge is 0.385 e. The molecule has 3 N–H and O–H groups in total. The fourth-order valence-corrected chi connectivity index (χ4v) is 4.65. The molecule has 1 atom stereocenters. The van der Waals surface area contributed by atoms with Gasteiger partial charge in [0.2, 0.25) is 10.0 Å². The van der Waals surface area contributed by atoms with Crippen LogP contribution >= 0.6 is 11.3 Å². The van der Waals surface area contributed by atoms with E-state index in [1.807, 2.05) is 12.3 Å². The minimum absolute atomic E-state index is 0.167. The number of methoxy groups -OCH3 is 1. The predicted octanol–water partition coefficient (Wildman–Crippen LogP) is 1.22. The van der Waals surface area contributed by atoms with Gasteiger partial charge in [0.05, 0.1) is 0 Å². The molecule has 1 unspecified atom stereocenters. The van der Waals surface area contributed by atoms with E-state index in [9.17, 15) is 8.42 Å². The predicted molar refractivity (Wildman–Crippen MR) is 73.2 cm³/mol. The van der Waals surface area contributed by atoms with E-state index in [0.717, 1.165) is 5.56 Å². The lowest BCUT2D eigenvalue weighted by atomic mass is 10.3. The molecule has 18 heavy (non-hydrogen) atoms. The van der Waals surface area contributed by atoms with Crippen molar-refractivity contribution in [1.29, 1.82) is 0 Å². The zero-order valence-corrected chi connectivity index (χ0v) is 12.5. The van der Waals surface area contributed by atoms with E-state index in [1.165, 1.54) is 11.3 Å². The average Bonchev–Trinajstić information content (AvgIpc) is 2.67. The van der Waals surface area contributed by atoms with Gasteiger partial charge in [0, 0.05) is 31.2 Å². The van der Waals surface area contributed by atoms with E-state index < -0.39 is 10.0 Å². The SMILES string of the molecule is COCCC(C)NS(=O)(=O)c1c(C)csc1CN. The van der Waals surface area contributed by atoms with Crippen molar-refractivity contribution in [3.8, 4) is 0 Å². The van der Waals surface area contributed by atoms with E-state index in [0.29, 0.717) is 22.8 Å². The Balaban J connectivity index is 2.89. The first-order chi connectivity index (χ1) is 8.42. The topological polar surface area (TPSA) is 81.4 Å². The van der Waals surface area contributed by atoms with Crippen molar-refractivity contribution in [1.82, 2.24) is 4.72 Å². The Morgan fingerprint density at radius 2 is 2.22 bits per heavy atom. The Labute approximate surface area is 112 Å². The number of ether oxygens (including phenoxy) is 1. The summed E-state index contributed by atoms with van der Waals surface area (Å²) in [5.41, 5.74) is 6.31. The van der Waals surface area contributed by atoms with Gasteiger partial charge in [0.1, 0.15) is 4.90 Å². The number of rotatable bonds is 7. The molecule has 0 aromatic carbocycles. The summed E-state index contributed by atoms with van der Waals surface area (Å²) >= 11 is 1.38. The van der Waals surface area contributed by atoms with E-state index in [1.54, 1.807) is 14.0 Å². The van der Waals surface area contributed by atoms with Crippen molar-refractivity contribution in [3.63, 3.8) is 0 Å². The quantitative estimate of drug-likeness (QED) is 0.791. The maximum Gasteiger partial charge on any atom is 0.242 e. The van der Waals surface area contributed by atoms with Crippen LogP contribution in [0.25, 0.3) is 0 Å². The molecule has 0 amide bonds. The zero-order chi connectivity index (χ0) is 13.8. The maximum atomic E-state index is 12.3. The molecule has 1 rings (SSSR count). The van der Waals surface area contributed by atoms with Crippen molar-refractivity contribution in [2.75, 3.05) is 13.7 Å². The molecule has 0 spiro atoms. The summed E-state index contributed by atoms with van der Waals surface area (Å²) in [6.07, 6.45) is 0.636. The Kier molecular flexibility index (Phi) is 5.74. The first-order valence-corrected chi connectivity index (χ1v) is 8.07. The highest BCUT2D eigenvalue weighted by atomic mass is 32.2. The van der Waals surface area contributed by atoms with Crippen molar-refractivity contribution < 1.29 is 13.2 Å². The third-order valence-corrected chi connectivity index (χ3v) is 5.63. The van der Waals surface area contributed by atoms with Crippen LogP contribution in [0.5, 0.6) is 0 Å². The Morgan fingerprint density at radius 3 is 2.78 bits per heavy atom. The molecule has 0 aliphatic rings. The van der Waals surface area contributed by atoms with Crippen molar-refractivity contribution in [2.45, 2.75) is 37.8 Å². The highest BCUT2D eigenvalue weighted by Gasteiger charge is 2.23. The third-order valence-electron chi connectivity index (χ3n) is 2.55. The fourth-order valence-electron chi connectivity index (χ4n) is 1.67. The molecule has 0 bridgehead atoms. The van der Waals surface area contributed by atoms with Crippen LogP contribution in [-0.2, 0) is 21.3 Å². The molecular weight excluding hydrogens is 272 g/mol. The van der Waals surface area contributed by atoms with Crippen molar-refractivity contribution in [2.24, 2.45) is 5.73 Å². The Morgan fingerprint density at radius 1 is 1.56 bits per heavy atom. The molecule has 0 radical (unpaired) electrons. The van der Waals surface area contributed by atoms with E-state index in [2.05, 4.69) is 4.72 Å². The van der Waals surface area contributed by atoms with Crippen LogP contribution in [0.2, 0.25) is 0 Å². The van der Waals surface area contributed by atoms with Crippen LogP contribution in [0.4, 0.5) is 0 Å². The summed E-state index contributed by atoms with van der Waals surface area (Å²) in [4.78, 5) is 1.03. The van der Waals surface area contributed by atoms with Gasteiger partial charge in [-0.25, -0.2) is 13.1 Å². The maximum absolute atomic E-state index is 12.3. The van der Waals surface area contributed by atoms with Gasteiger partial charge < -0.3 is 10.5 Å².